The van der Waals surface area contributed by atoms with Crippen LogP contribution in [0.25, 0.3) is 0 Å². The predicted molar refractivity (Wildman–Crippen MR) is 117 cm³/mol. The highest BCUT2D eigenvalue weighted by Gasteiger charge is 2.32. The minimum Gasteiger partial charge on any atom is -0.434 e. The Balaban J connectivity index is 1.69. The summed E-state index contributed by atoms with van der Waals surface area (Å²) < 4.78 is 47.6. The summed E-state index contributed by atoms with van der Waals surface area (Å²) in [4.78, 5) is 16.7. The quantitative estimate of drug-likeness (QED) is 0.591. The van der Waals surface area contributed by atoms with E-state index in [0.717, 1.165) is 35.3 Å². The molecule has 2 aromatic rings. The number of ether oxygens (including phenoxy) is 1. The van der Waals surface area contributed by atoms with Crippen molar-refractivity contribution in [1.82, 2.24) is 4.98 Å². The number of urea groups is 1. The first-order valence-corrected chi connectivity index (χ1v) is 12.6. The molecule has 4 N–H and O–H groups in total. The molecule has 2 aliphatic carbocycles. The Kier molecular flexibility index (Phi) is 5.99. The van der Waals surface area contributed by atoms with Crippen molar-refractivity contribution in [3.8, 4) is 5.75 Å². The van der Waals surface area contributed by atoms with Gasteiger partial charge in [0.1, 0.15) is 20.6 Å². The van der Waals surface area contributed by atoms with Crippen LogP contribution >= 0.6 is 11.3 Å². The van der Waals surface area contributed by atoms with E-state index in [1.165, 1.54) is 20.0 Å². The van der Waals surface area contributed by atoms with Crippen molar-refractivity contribution >= 4 is 33.0 Å². The molecule has 2 amide bonds. The van der Waals surface area contributed by atoms with Gasteiger partial charge in [0.15, 0.2) is 9.92 Å². The Labute approximate surface area is 188 Å². The molecule has 1 aromatic carbocycles. The van der Waals surface area contributed by atoms with E-state index in [1.807, 2.05) is 0 Å². The van der Waals surface area contributed by atoms with E-state index in [0.29, 0.717) is 47.5 Å². The van der Waals surface area contributed by atoms with Crippen molar-refractivity contribution in [2.24, 2.45) is 9.50 Å². The van der Waals surface area contributed by atoms with Gasteiger partial charge in [0, 0.05) is 5.69 Å². The Bertz CT molecular complexity index is 1160. The fourth-order valence-corrected chi connectivity index (χ4v) is 6.33. The first-order chi connectivity index (χ1) is 15.0. The fraction of sp³-hybridized carbons (Fsp3) is 0.500. The topological polar surface area (TPSA) is 127 Å². The average Bonchev–Trinajstić information content (AvgIpc) is 3.43. The standard InChI is InChI=1S/C20H24F2N4O4S2/c1-20(2,28)17-24-9-14(31-17)32(23,29)26-19(27)25-15-10-5-3-7-12(10)16(30-18(21)22)13-8-4-6-11(13)15/h9,18,28H,3-8H2,1-2H3,(H3,23,25,26,27,29). The van der Waals surface area contributed by atoms with Gasteiger partial charge < -0.3 is 15.2 Å². The minimum absolute atomic E-state index is 0.0703. The smallest absolute Gasteiger partial charge is 0.387 e. The third-order valence-corrected chi connectivity index (χ3v) is 8.73. The van der Waals surface area contributed by atoms with Crippen molar-refractivity contribution in [3.05, 3.63) is 33.5 Å². The first-order valence-electron chi connectivity index (χ1n) is 10.2. The third kappa shape index (κ3) is 4.36. The van der Waals surface area contributed by atoms with E-state index >= 15 is 0 Å². The molecule has 1 aromatic heterocycles. The van der Waals surface area contributed by atoms with E-state index in [-0.39, 0.29) is 9.96 Å². The second-order valence-corrected chi connectivity index (χ2v) is 11.4. The molecule has 0 radical (unpaired) electrons. The number of thiazole rings is 1. The van der Waals surface area contributed by atoms with Crippen molar-refractivity contribution < 1.29 is 27.6 Å². The summed E-state index contributed by atoms with van der Waals surface area (Å²) in [5, 5.41) is 18.9. The number of alkyl halides is 2. The number of carbonyl (C=O) groups is 1. The number of nitrogens with one attached hydrogen (secondary N) is 1. The van der Waals surface area contributed by atoms with Gasteiger partial charge in [-0.15, -0.1) is 15.7 Å². The SMILES string of the molecule is CC(C)(O)c1ncc(S(N)(=O)=NC(=O)Nc2c3c(c(OC(F)F)c4c2CCC4)CCC3)s1. The van der Waals surface area contributed by atoms with E-state index < -0.39 is 28.2 Å². The second kappa shape index (κ2) is 8.32. The van der Waals surface area contributed by atoms with Crippen molar-refractivity contribution in [2.75, 3.05) is 5.32 Å². The minimum atomic E-state index is -3.59. The molecule has 1 unspecified atom stereocenters. The van der Waals surface area contributed by atoms with Crippen LogP contribution in [0.1, 0.15) is 54.0 Å². The van der Waals surface area contributed by atoms with Crippen molar-refractivity contribution in [2.45, 2.75) is 68.8 Å². The maximum absolute atomic E-state index is 13.0. The van der Waals surface area contributed by atoms with Gasteiger partial charge in [-0.2, -0.15) is 8.78 Å². The molecule has 12 heteroatoms. The number of amides is 2. The summed E-state index contributed by atoms with van der Waals surface area (Å²) >= 11 is 0.920. The predicted octanol–water partition coefficient (Wildman–Crippen LogP) is 3.88. The number of halogens is 2. The van der Waals surface area contributed by atoms with Gasteiger partial charge in [-0.05, 0) is 74.6 Å². The Morgan fingerprint density at radius 2 is 1.81 bits per heavy atom. The molecule has 0 spiro atoms. The molecular formula is C20H24F2N4O4S2. The maximum atomic E-state index is 13.0. The lowest BCUT2D eigenvalue weighted by Gasteiger charge is -2.20. The zero-order valence-corrected chi connectivity index (χ0v) is 19.2. The number of carbonyl (C=O) groups excluding carboxylic acids is 1. The Morgan fingerprint density at radius 3 is 2.31 bits per heavy atom. The van der Waals surface area contributed by atoms with Crippen LogP contribution in [0.4, 0.5) is 19.3 Å². The summed E-state index contributed by atoms with van der Waals surface area (Å²) in [6.45, 7) is 0.135. The monoisotopic (exact) mass is 486 g/mol. The van der Waals surface area contributed by atoms with Gasteiger partial charge in [-0.1, -0.05) is 0 Å². The number of hydrogen-bond acceptors (Lipinski definition) is 6. The molecular weight excluding hydrogens is 462 g/mol. The summed E-state index contributed by atoms with van der Waals surface area (Å²) in [6, 6.07) is -0.888. The molecule has 0 saturated heterocycles. The number of fused-ring (bicyclic) bond motifs is 2. The average molecular weight is 487 g/mol. The molecule has 0 saturated carbocycles. The molecule has 0 bridgehead atoms. The first kappa shape index (κ1) is 23.0. The number of rotatable bonds is 5. The molecule has 174 valence electrons. The number of aliphatic hydroxyl groups is 1. The highest BCUT2D eigenvalue weighted by Crippen LogP contribution is 2.46. The molecule has 0 aliphatic heterocycles. The second-order valence-electron chi connectivity index (χ2n) is 8.34. The molecule has 8 nitrogen and oxygen atoms in total. The highest BCUT2D eigenvalue weighted by molar-refractivity contribution is 7.93. The normalized spacial score (nSPS) is 17.1. The molecule has 0 fully saturated rings. The van der Waals surface area contributed by atoms with Gasteiger partial charge in [0.2, 0.25) is 0 Å². The molecule has 1 atom stereocenters. The summed E-state index contributed by atoms with van der Waals surface area (Å²) in [5.74, 6) is 0.237. The summed E-state index contributed by atoms with van der Waals surface area (Å²) in [6.07, 6.45) is 5.14. The van der Waals surface area contributed by atoms with Crippen LogP contribution in [0.5, 0.6) is 5.75 Å². The highest BCUT2D eigenvalue weighted by atomic mass is 32.2. The number of nitrogens with two attached hydrogens (primary N) is 1. The number of anilines is 1. The van der Waals surface area contributed by atoms with Gasteiger partial charge in [-0.25, -0.2) is 19.1 Å². The zero-order chi connectivity index (χ0) is 23.3. The number of benzene rings is 1. The van der Waals surface area contributed by atoms with E-state index in [1.54, 1.807) is 0 Å². The van der Waals surface area contributed by atoms with Crippen LogP contribution in [0.3, 0.4) is 0 Å². The summed E-state index contributed by atoms with van der Waals surface area (Å²) in [5.41, 5.74) is 2.19. The van der Waals surface area contributed by atoms with Crippen LogP contribution in [-0.4, -0.2) is 26.9 Å². The lowest BCUT2D eigenvalue weighted by Crippen LogP contribution is -2.18. The van der Waals surface area contributed by atoms with Gasteiger partial charge in [0.05, 0.1) is 6.20 Å². The van der Waals surface area contributed by atoms with Crippen LogP contribution < -0.4 is 15.2 Å². The van der Waals surface area contributed by atoms with Crippen molar-refractivity contribution in [1.29, 1.82) is 0 Å². The lowest BCUT2D eigenvalue weighted by atomic mass is 9.97. The van der Waals surface area contributed by atoms with Gasteiger partial charge in [-0.3, -0.25) is 0 Å². The largest absolute Gasteiger partial charge is 0.434 e. The Hall–Kier alpha value is -2.15. The molecule has 4 rings (SSSR count). The van der Waals surface area contributed by atoms with E-state index in [2.05, 4.69) is 14.7 Å². The van der Waals surface area contributed by atoms with Gasteiger partial charge in [0.25, 0.3) is 0 Å². The van der Waals surface area contributed by atoms with Gasteiger partial charge >= 0.3 is 12.6 Å². The number of nitrogens with zero attached hydrogens (tertiary/aromatic N) is 2. The maximum Gasteiger partial charge on any atom is 0.387 e. The molecule has 32 heavy (non-hydrogen) atoms. The van der Waals surface area contributed by atoms with Crippen LogP contribution in [-0.2, 0) is 41.2 Å². The lowest BCUT2D eigenvalue weighted by molar-refractivity contribution is -0.0509. The van der Waals surface area contributed by atoms with Crippen molar-refractivity contribution in [3.63, 3.8) is 0 Å². The van der Waals surface area contributed by atoms with E-state index in [9.17, 15) is 22.9 Å². The molecule has 1 heterocycles. The van der Waals surface area contributed by atoms with Crippen LogP contribution in [0, 0.1) is 0 Å². The summed E-state index contributed by atoms with van der Waals surface area (Å²) in [7, 11) is -3.59. The van der Waals surface area contributed by atoms with Crippen LogP contribution in [0.15, 0.2) is 14.8 Å². The zero-order valence-electron chi connectivity index (χ0n) is 17.6. The Morgan fingerprint density at radius 1 is 1.25 bits per heavy atom. The van der Waals surface area contributed by atoms with Crippen LogP contribution in [0.2, 0.25) is 0 Å². The third-order valence-electron chi connectivity index (χ3n) is 5.54. The number of hydrogen-bond donors (Lipinski definition) is 3. The molecule has 2 aliphatic rings. The number of aromatic nitrogens is 1. The van der Waals surface area contributed by atoms with E-state index in [4.69, 9.17) is 9.88 Å². The fourth-order valence-electron chi connectivity index (χ4n) is 4.26.